The summed E-state index contributed by atoms with van der Waals surface area (Å²) in [4.78, 5) is 12.9. The van der Waals surface area contributed by atoms with Crippen molar-refractivity contribution in [3.05, 3.63) is 23.5 Å². The number of carbonyl (C=O) groups excluding carboxylic acids is 1. The first-order chi connectivity index (χ1) is 12.5. The Labute approximate surface area is 157 Å². The maximum absolute atomic E-state index is 12.9. The van der Waals surface area contributed by atoms with Crippen LogP contribution in [0.2, 0.25) is 0 Å². The molecule has 144 valence electrons. The van der Waals surface area contributed by atoms with Crippen LogP contribution in [0.5, 0.6) is 0 Å². The number of allylic oxidation sites excluding steroid dienone is 4. The highest BCUT2D eigenvalue weighted by atomic mass is 16.5. The largest absolute Gasteiger partial charge is 0.498 e. The fraction of sp³-hybridized carbons (Fsp3) is 0.783. The van der Waals surface area contributed by atoms with Crippen molar-refractivity contribution < 1.29 is 14.6 Å². The van der Waals surface area contributed by atoms with Gasteiger partial charge in [0.1, 0.15) is 5.78 Å². The van der Waals surface area contributed by atoms with E-state index in [0.29, 0.717) is 35.9 Å². The van der Waals surface area contributed by atoms with Crippen LogP contribution in [0.3, 0.4) is 0 Å². The summed E-state index contributed by atoms with van der Waals surface area (Å²) in [5, 5.41) is 11.8. The summed E-state index contributed by atoms with van der Waals surface area (Å²) >= 11 is 0. The molecule has 0 aromatic carbocycles. The maximum Gasteiger partial charge on any atom is 0.139 e. The summed E-state index contributed by atoms with van der Waals surface area (Å²) in [6, 6.07) is 0. The van der Waals surface area contributed by atoms with E-state index in [1.165, 1.54) is 5.57 Å². The van der Waals surface area contributed by atoms with E-state index in [1.54, 1.807) is 0 Å². The number of hydrogen-bond acceptors (Lipinski definition) is 3. The van der Waals surface area contributed by atoms with Gasteiger partial charge >= 0.3 is 0 Å². The summed E-state index contributed by atoms with van der Waals surface area (Å²) in [6.07, 6.45) is 11.8. The molecule has 5 unspecified atom stereocenters. The minimum atomic E-state index is -0.710. The van der Waals surface area contributed by atoms with Crippen molar-refractivity contribution in [1.29, 1.82) is 0 Å². The quantitative estimate of drug-likeness (QED) is 0.785. The Morgan fingerprint density at radius 1 is 1.19 bits per heavy atom. The van der Waals surface area contributed by atoms with Gasteiger partial charge in [0.05, 0.1) is 18.0 Å². The van der Waals surface area contributed by atoms with E-state index >= 15 is 0 Å². The molecule has 0 amide bonds. The zero-order valence-corrected chi connectivity index (χ0v) is 16.6. The Hall–Kier alpha value is -1.09. The standard InChI is InChI=1S/C23H34O3/c1-4-22-14-23(25,5-2)21-17-10-8-16(26-6-3)13-15(17)7-9-18(21)19(22)11-12-20(22)24/h7,13,17-19,21,25H,4-6,8-12,14H2,1-3H3/t17?,18?,19?,21?,22-,23?/m0/s1. The van der Waals surface area contributed by atoms with Gasteiger partial charge in [-0.3, -0.25) is 4.79 Å². The lowest BCUT2D eigenvalue weighted by molar-refractivity contribution is -0.171. The zero-order chi connectivity index (χ0) is 18.5. The molecule has 3 heteroatoms. The van der Waals surface area contributed by atoms with Crippen LogP contribution < -0.4 is 0 Å². The predicted molar refractivity (Wildman–Crippen MR) is 102 cm³/mol. The maximum atomic E-state index is 12.9. The molecular formula is C23H34O3. The van der Waals surface area contributed by atoms with Crippen molar-refractivity contribution >= 4 is 5.78 Å². The van der Waals surface area contributed by atoms with E-state index < -0.39 is 5.60 Å². The van der Waals surface area contributed by atoms with Crippen molar-refractivity contribution in [2.75, 3.05) is 6.61 Å². The smallest absolute Gasteiger partial charge is 0.139 e. The van der Waals surface area contributed by atoms with E-state index in [9.17, 15) is 9.90 Å². The van der Waals surface area contributed by atoms with Crippen molar-refractivity contribution in [3.63, 3.8) is 0 Å². The Balaban J connectivity index is 1.74. The number of rotatable bonds is 4. The molecule has 0 saturated heterocycles. The highest BCUT2D eigenvalue weighted by Gasteiger charge is 2.64. The van der Waals surface area contributed by atoms with Crippen LogP contribution in [0.4, 0.5) is 0 Å². The molecule has 0 heterocycles. The molecule has 2 fully saturated rings. The topological polar surface area (TPSA) is 46.5 Å². The van der Waals surface area contributed by atoms with Gasteiger partial charge in [-0.15, -0.1) is 0 Å². The van der Waals surface area contributed by atoms with Gasteiger partial charge in [-0.25, -0.2) is 0 Å². The Morgan fingerprint density at radius 2 is 2.00 bits per heavy atom. The van der Waals surface area contributed by atoms with Crippen molar-refractivity contribution in [3.8, 4) is 0 Å². The lowest BCUT2D eigenvalue weighted by Gasteiger charge is -2.59. The molecule has 4 rings (SSSR count). The number of aliphatic hydroxyl groups is 1. The monoisotopic (exact) mass is 358 g/mol. The van der Waals surface area contributed by atoms with Gasteiger partial charge < -0.3 is 9.84 Å². The third kappa shape index (κ3) is 2.46. The van der Waals surface area contributed by atoms with Crippen LogP contribution in [-0.2, 0) is 9.53 Å². The first-order valence-corrected chi connectivity index (χ1v) is 10.8. The van der Waals surface area contributed by atoms with E-state index in [2.05, 4.69) is 26.0 Å². The van der Waals surface area contributed by atoms with Crippen molar-refractivity contribution in [2.24, 2.45) is 29.1 Å². The number of fused-ring (bicyclic) bond motifs is 5. The SMILES string of the molecule is CCOC1=CC2=CCC3C(C2CC1)C(O)(CC)C[C@]1(CC)C(=O)CCC31. The summed E-state index contributed by atoms with van der Waals surface area (Å²) in [6.45, 7) is 7.03. The Kier molecular flexibility index (Phi) is 4.58. The van der Waals surface area contributed by atoms with Crippen LogP contribution in [0, 0.1) is 29.1 Å². The summed E-state index contributed by atoms with van der Waals surface area (Å²) in [5.41, 5.74) is 0.400. The molecule has 0 spiro atoms. The third-order valence-corrected chi connectivity index (χ3v) is 8.26. The highest BCUT2D eigenvalue weighted by Crippen LogP contribution is 2.64. The fourth-order valence-electron chi connectivity index (χ4n) is 7.11. The molecule has 2 saturated carbocycles. The molecule has 4 aliphatic rings. The fourth-order valence-corrected chi connectivity index (χ4v) is 7.11. The van der Waals surface area contributed by atoms with Crippen molar-refractivity contribution in [1.82, 2.24) is 0 Å². The van der Waals surface area contributed by atoms with Gasteiger partial charge in [-0.2, -0.15) is 0 Å². The van der Waals surface area contributed by atoms with Crippen molar-refractivity contribution in [2.45, 2.75) is 77.7 Å². The average molecular weight is 359 g/mol. The number of ketones is 1. The van der Waals surface area contributed by atoms with Gasteiger partial charge in [-0.05, 0) is 80.8 Å². The first kappa shape index (κ1) is 18.3. The average Bonchev–Trinajstić information content (AvgIpc) is 2.98. The van der Waals surface area contributed by atoms with Gasteiger partial charge in [0.25, 0.3) is 0 Å². The molecule has 0 bridgehead atoms. The molecule has 4 aliphatic carbocycles. The molecule has 1 N–H and O–H groups in total. The van der Waals surface area contributed by atoms with Gasteiger partial charge in [0, 0.05) is 18.3 Å². The lowest BCUT2D eigenvalue weighted by Crippen LogP contribution is -2.59. The van der Waals surface area contributed by atoms with Crippen LogP contribution in [0.15, 0.2) is 23.5 Å². The number of ether oxygens (including phenoxy) is 1. The Morgan fingerprint density at radius 3 is 2.69 bits per heavy atom. The molecule has 6 atom stereocenters. The molecular weight excluding hydrogens is 324 g/mol. The highest BCUT2D eigenvalue weighted by molar-refractivity contribution is 5.87. The summed E-state index contributed by atoms with van der Waals surface area (Å²) in [5.74, 6) is 3.16. The second-order valence-corrected chi connectivity index (χ2v) is 9.03. The van der Waals surface area contributed by atoms with Crippen LogP contribution in [0.25, 0.3) is 0 Å². The van der Waals surface area contributed by atoms with Crippen LogP contribution in [0.1, 0.15) is 72.1 Å². The number of carbonyl (C=O) groups is 1. The lowest BCUT2D eigenvalue weighted by atomic mass is 9.47. The van der Waals surface area contributed by atoms with E-state index in [1.807, 2.05) is 6.92 Å². The minimum absolute atomic E-state index is 0.266. The van der Waals surface area contributed by atoms with Gasteiger partial charge in [0.15, 0.2) is 0 Å². The van der Waals surface area contributed by atoms with Crippen LogP contribution in [-0.4, -0.2) is 23.1 Å². The van der Waals surface area contributed by atoms with E-state index in [-0.39, 0.29) is 5.41 Å². The Bertz CT molecular complexity index is 648. The molecule has 0 aromatic rings. The number of Topliss-reactive ketones (excluding diaryl/α,β-unsaturated/α-hetero) is 1. The van der Waals surface area contributed by atoms with E-state index in [4.69, 9.17) is 4.74 Å². The summed E-state index contributed by atoms with van der Waals surface area (Å²) < 4.78 is 5.78. The molecule has 0 aliphatic heterocycles. The minimum Gasteiger partial charge on any atom is -0.498 e. The summed E-state index contributed by atoms with van der Waals surface area (Å²) in [7, 11) is 0. The second kappa shape index (κ2) is 6.51. The molecule has 26 heavy (non-hydrogen) atoms. The zero-order valence-electron chi connectivity index (χ0n) is 16.6. The normalized spacial score (nSPS) is 44.5. The molecule has 3 nitrogen and oxygen atoms in total. The predicted octanol–water partition coefficient (Wildman–Crippen LogP) is 4.80. The number of hydrogen-bond donors (Lipinski definition) is 1. The second-order valence-electron chi connectivity index (χ2n) is 9.03. The van der Waals surface area contributed by atoms with E-state index in [0.717, 1.165) is 57.3 Å². The molecule has 0 aromatic heterocycles. The first-order valence-electron chi connectivity index (χ1n) is 10.8. The molecule has 0 radical (unpaired) electrons. The van der Waals surface area contributed by atoms with Gasteiger partial charge in [0.2, 0.25) is 0 Å². The van der Waals surface area contributed by atoms with Crippen LogP contribution >= 0.6 is 0 Å². The van der Waals surface area contributed by atoms with Gasteiger partial charge in [-0.1, -0.05) is 19.9 Å². The third-order valence-electron chi connectivity index (χ3n) is 8.26.